The van der Waals surface area contributed by atoms with Gasteiger partial charge in [-0.3, -0.25) is 14.5 Å². The van der Waals surface area contributed by atoms with Crippen molar-refractivity contribution >= 4 is 23.2 Å². The van der Waals surface area contributed by atoms with Gasteiger partial charge in [-0.15, -0.1) is 0 Å². The molecule has 2 N–H and O–H groups in total. The molecule has 1 aliphatic heterocycles. The first-order valence-electron chi connectivity index (χ1n) is 8.52. The van der Waals surface area contributed by atoms with Crippen LogP contribution in [0.1, 0.15) is 39.5 Å². The van der Waals surface area contributed by atoms with E-state index in [4.69, 9.17) is 0 Å². The van der Waals surface area contributed by atoms with Crippen molar-refractivity contribution in [2.45, 2.75) is 51.6 Å². The molecule has 5 nitrogen and oxygen atoms in total. The number of fused-ring (bicyclic) bond motifs is 1. The Balaban J connectivity index is 1.78. The lowest BCUT2D eigenvalue weighted by atomic mass is 9.99. The van der Waals surface area contributed by atoms with Crippen LogP contribution in [0.25, 0.3) is 0 Å². The third-order valence-electron chi connectivity index (χ3n) is 4.73. The normalized spacial score (nSPS) is 21.3. The van der Waals surface area contributed by atoms with Crippen LogP contribution in [0.15, 0.2) is 24.3 Å². The molecule has 3 rings (SSSR count). The Morgan fingerprint density at radius 1 is 1.30 bits per heavy atom. The van der Waals surface area contributed by atoms with E-state index in [-0.39, 0.29) is 36.4 Å². The third-order valence-corrected chi connectivity index (χ3v) is 4.73. The fourth-order valence-electron chi connectivity index (χ4n) is 3.45. The summed E-state index contributed by atoms with van der Waals surface area (Å²) in [4.78, 5) is 26.8. The largest absolute Gasteiger partial charge is 0.372 e. The number of hydrogen-bond acceptors (Lipinski definition) is 3. The molecule has 0 radical (unpaired) electrons. The predicted octanol–water partition coefficient (Wildman–Crippen LogP) is 2.53. The van der Waals surface area contributed by atoms with E-state index in [1.807, 2.05) is 38.1 Å². The van der Waals surface area contributed by atoms with Crippen molar-refractivity contribution in [2.24, 2.45) is 5.92 Å². The van der Waals surface area contributed by atoms with E-state index in [9.17, 15) is 9.59 Å². The van der Waals surface area contributed by atoms with Crippen LogP contribution in [-0.4, -0.2) is 30.4 Å². The van der Waals surface area contributed by atoms with Crippen LogP contribution in [-0.2, 0) is 9.59 Å². The number of para-hydroxylation sites is 2. The molecule has 1 unspecified atom stereocenters. The van der Waals surface area contributed by atoms with E-state index in [0.29, 0.717) is 0 Å². The first-order valence-corrected chi connectivity index (χ1v) is 8.52. The highest BCUT2D eigenvalue weighted by Gasteiger charge is 2.35. The molecule has 2 aliphatic rings. The van der Waals surface area contributed by atoms with Crippen molar-refractivity contribution in [3.63, 3.8) is 0 Å². The van der Waals surface area contributed by atoms with Crippen LogP contribution in [0.2, 0.25) is 0 Å². The first-order chi connectivity index (χ1) is 11.1. The number of nitrogens with one attached hydrogen (secondary N) is 2. The molecular formula is C18H25N3O2. The van der Waals surface area contributed by atoms with Gasteiger partial charge in [0.05, 0.1) is 11.4 Å². The van der Waals surface area contributed by atoms with Gasteiger partial charge in [-0.1, -0.05) is 38.8 Å². The number of carbonyl (C=O) groups excluding carboxylic acids is 2. The number of benzene rings is 1. The molecule has 124 valence electrons. The summed E-state index contributed by atoms with van der Waals surface area (Å²) >= 11 is 0. The van der Waals surface area contributed by atoms with Crippen LogP contribution in [0, 0.1) is 5.92 Å². The monoisotopic (exact) mass is 315 g/mol. The molecule has 2 amide bonds. The molecule has 0 spiro atoms. The van der Waals surface area contributed by atoms with Crippen molar-refractivity contribution in [3.05, 3.63) is 24.3 Å². The lowest BCUT2D eigenvalue weighted by molar-refractivity contribution is -0.125. The molecule has 0 saturated heterocycles. The Bertz CT molecular complexity index is 594. The Morgan fingerprint density at radius 3 is 2.70 bits per heavy atom. The van der Waals surface area contributed by atoms with Gasteiger partial charge in [-0.05, 0) is 30.9 Å². The van der Waals surface area contributed by atoms with Gasteiger partial charge >= 0.3 is 0 Å². The molecule has 1 aromatic carbocycles. The van der Waals surface area contributed by atoms with Gasteiger partial charge in [0, 0.05) is 6.04 Å². The minimum absolute atomic E-state index is 0.0275. The molecule has 1 fully saturated rings. The topological polar surface area (TPSA) is 61.4 Å². The van der Waals surface area contributed by atoms with Crippen LogP contribution in [0.3, 0.4) is 0 Å². The number of rotatable bonds is 4. The van der Waals surface area contributed by atoms with Crippen LogP contribution >= 0.6 is 0 Å². The highest BCUT2D eigenvalue weighted by atomic mass is 16.2. The highest BCUT2D eigenvalue weighted by Crippen LogP contribution is 2.32. The maximum Gasteiger partial charge on any atom is 0.250 e. The van der Waals surface area contributed by atoms with Crippen molar-refractivity contribution in [1.82, 2.24) is 5.32 Å². The molecule has 0 aromatic heterocycles. The summed E-state index contributed by atoms with van der Waals surface area (Å²) in [7, 11) is 0. The molecule has 23 heavy (non-hydrogen) atoms. The lowest BCUT2D eigenvalue weighted by Gasteiger charge is -2.36. The van der Waals surface area contributed by atoms with Crippen molar-refractivity contribution < 1.29 is 9.59 Å². The van der Waals surface area contributed by atoms with Gasteiger partial charge < -0.3 is 10.6 Å². The van der Waals surface area contributed by atoms with Gasteiger partial charge in [0.2, 0.25) is 11.8 Å². The lowest BCUT2D eigenvalue weighted by Crippen LogP contribution is -2.53. The Hall–Kier alpha value is -2.04. The van der Waals surface area contributed by atoms with E-state index < -0.39 is 0 Å². The fourth-order valence-corrected chi connectivity index (χ4v) is 3.45. The number of hydrogen-bond donors (Lipinski definition) is 2. The number of carbonyl (C=O) groups is 2. The van der Waals surface area contributed by atoms with E-state index in [1.165, 1.54) is 12.8 Å². The first kappa shape index (κ1) is 15.8. The zero-order chi connectivity index (χ0) is 16.4. The van der Waals surface area contributed by atoms with E-state index in [2.05, 4.69) is 10.6 Å². The SMILES string of the molecule is CC(C)C1Nc2ccccc2N(CC(=O)NC2CCCC2)C1=O. The van der Waals surface area contributed by atoms with Crippen molar-refractivity contribution in [1.29, 1.82) is 0 Å². The maximum atomic E-state index is 12.8. The molecule has 5 heteroatoms. The molecule has 1 saturated carbocycles. The number of nitrogens with zero attached hydrogens (tertiary/aromatic N) is 1. The average Bonchev–Trinajstić information content (AvgIpc) is 3.02. The Kier molecular flexibility index (Phi) is 4.55. The van der Waals surface area contributed by atoms with Gasteiger partial charge in [-0.25, -0.2) is 0 Å². The van der Waals surface area contributed by atoms with E-state index in [1.54, 1.807) is 4.90 Å². The average molecular weight is 315 g/mol. The summed E-state index contributed by atoms with van der Waals surface area (Å²) in [6, 6.07) is 7.67. The smallest absolute Gasteiger partial charge is 0.250 e. The summed E-state index contributed by atoms with van der Waals surface area (Å²) < 4.78 is 0. The zero-order valence-electron chi connectivity index (χ0n) is 13.8. The van der Waals surface area contributed by atoms with Crippen LogP contribution in [0.5, 0.6) is 0 Å². The molecule has 1 atom stereocenters. The summed E-state index contributed by atoms with van der Waals surface area (Å²) in [5, 5.41) is 6.37. The second-order valence-electron chi connectivity index (χ2n) is 6.86. The summed E-state index contributed by atoms with van der Waals surface area (Å²) in [6.45, 7) is 4.12. The van der Waals surface area contributed by atoms with Crippen LogP contribution < -0.4 is 15.5 Å². The third kappa shape index (κ3) is 3.33. The van der Waals surface area contributed by atoms with E-state index >= 15 is 0 Å². The van der Waals surface area contributed by atoms with Gasteiger partial charge in [0.25, 0.3) is 0 Å². The molecular weight excluding hydrogens is 290 g/mol. The van der Waals surface area contributed by atoms with Gasteiger partial charge in [0.1, 0.15) is 12.6 Å². The second kappa shape index (κ2) is 6.60. The summed E-state index contributed by atoms with van der Waals surface area (Å²) in [5.41, 5.74) is 1.70. The minimum atomic E-state index is -0.288. The Labute approximate surface area is 137 Å². The number of amides is 2. The van der Waals surface area contributed by atoms with Gasteiger partial charge in [-0.2, -0.15) is 0 Å². The molecule has 1 aliphatic carbocycles. The fraction of sp³-hybridized carbons (Fsp3) is 0.556. The maximum absolute atomic E-state index is 12.8. The standard InChI is InChI=1S/C18H25N3O2/c1-12(2)17-18(23)21(15-10-6-5-9-14(15)20-17)11-16(22)19-13-7-3-4-8-13/h5-6,9-10,12-13,17,20H,3-4,7-8,11H2,1-2H3,(H,19,22). The summed E-state index contributed by atoms with van der Waals surface area (Å²) in [6.07, 6.45) is 4.45. The minimum Gasteiger partial charge on any atom is -0.372 e. The van der Waals surface area contributed by atoms with E-state index in [0.717, 1.165) is 24.2 Å². The Morgan fingerprint density at radius 2 is 2.00 bits per heavy atom. The molecule has 1 aromatic rings. The quantitative estimate of drug-likeness (QED) is 0.897. The summed E-state index contributed by atoms with van der Waals surface area (Å²) in [5.74, 6) is 0.0704. The number of anilines is 2. The zero-order valence-corrected chi connectivity index (χ0v) is 13.8. The van der Waals surface area contributed by atoms with Crippen LogP contribution in [0.4, 0.5) is 11.4 Å². The van der Waals surface area contributed by atoms with Gasteiger partial charge in [0.15, 0.2) is 0 Å². The predicted molar refractivity (Wildman–Crippen MR) is 91.4 cm³/mol. The highest BCUT2D eigenvalue weighted by molar-refractivity contribution is 6.08. The molecule has 1 heterocycles. The van der Waals surface area contributed by atoms with Crippen molar-refractivity contribution in [3.8, 4) is 0 Å². The van der Waals surface area contributed by atoms with Crippen molar-refractivity contribution in [2.75, 3.05) is 16.8 Å². The molecule has 0 bridgehead atoms. The second-order valence-corrected chi connectivity index (χ2v) is 6.86.